The van der Waals surface area contributed by atoms with Gasteiger partial charge in [0, 0.05) is 12.6 Å². The van der Waals surface area contributed by atoms with Gasteiger partial charge >= 0.3 is 5.97 Å². The number of morpholine rings is 1. The lowest BCUT2D eigenvalue weighted by atomic mass is 10.1. The summed E-state index contributed by atoms with van der Waals surface area (Å²) >= 11 is 0. The predicted molar refractivity (Wildman–Crippen MR) is 77.4 cm³/mol. The third kappa shape index (κ3) is 2.95. The van der Waals surface area contributed by atoms with Crippen LogP contribution in [-0.2, 0) is 9.53 Å². The molecule has 0 aliphatic carbocycles. The summed E-state index contributed by atoms with van der Waals surface area (Å²) in [6.45, 7) is 0.549. The lowest BCUT2D eigenvalue weighted by molar-refractivity contribution is -0.385. The number of ether oxygens (including phenoxy) is 3. The smallest absolute Gasteiger partial charge is 0.334 e. The maximum Gasteiger partial charge on any atom is 0.334 e. The second kappa shape index (κ2) is 6.32. The van der Waals surface area contributed by atoms with Crippen LogP contribution in [0.5, 0.6) is 11.5 Å². The fourth-order valence-corrected chi connectivity index (χ4v) is 2.55. The molecule has 1 atom stereocenters. The van der Waals surface area contributed by atoms with E-state index in [0.717, 1.165) is 6.07 Å². The van der Waals surface area contributed by atoms with Crippen molar-refractivity contribution in [3.8, 4) is 11.5 Å². The number of benzene rings is 1. The van der Waals surface area contributed by atoms with Crippen LogP contribution in [0.25, 0.3) is 0 Å². The first kappa shape index (κ1) is 16.0. The molecule has 0 spiro atoms. The normalized spacial score (nSPS) is 19.7. The average molecular weight is 338 g/mol. The highest BCUT2D eigenvalue weighted by Crippen LogP contribution is 2.37. The Kier molecular flexibility index (Phi) is 4.21. The second-order valence-electron chi connectivity index (χ2n) is 5.22. The molecule has 0 aromatic heterocycles. The van der Waals surface area contributed by atoms with E-state index in [9.17, 15) is 19.7 Å². The number of carbonyl (C=O) groups is 2. The summed E-state index contributed by atoms with van der Waals surface area (Å²) in [7, 11) is 0. The molecule has 1 amide bonds. The van der Waals surface area contributed by atoms with Crippen LogP contribution in [0.3, 0.4) is 0 Å². The molecule has 1 saturated heterocycles. The maximum absolute atomic E-state index is 12.7. The van der Waals surface area contributed by atoms with Gasteiger partial charge < -0.3 is 24.2 Å². The molecule has 2 aliphatic rings. The quantitative estimate of drug-likeness (QED) is 0.615. The van der Waals surface area contributed by atoms with Crippen molar-refractivity contribution in [3.05, 3.63) is 27.8 Å². The number of hydrogen-bond donors (Lipinski definition) is 1. The molecule has 10 nitrogen and oxygen atoms in total. The molecular formula is C14H14N2O8. The van der Waals surface area contributed by atoms with Crippen LogP contribution in [0, 0.1) is 10.1 Å². The van der Waals surface area contributed by atoms with Crippen molar-refractivity contribution in [2.75, 3.05) is 32.9 Å². The van der Waals surface area contributed by atoms with Crippen LogP contribution >= 0.6 is 0 Å². The zero-order chi connectivity index (χ0) is 17.3. The van der Waals surface area contributed by atoms with Gasteiger partial charge in [0.2, 0.25) is 0 Å². The zero-order valence-electron chi connectivity index (χ0n) is 12.5. The van der Waals surface area contributed by atoms with E-state index in [0.29, 0.717) is 0 Å². The molecule has 1 aromatic carbocycles. The largest absolute Gasteiger partial charge is 0.486 e. The summed E-state index contributed by atoms with van der Waals surface area (Å²) in [5.74, 6) is -1.38. The number of carboxylic acids is 1. The van der Waals surface area contributed by atoms with E-state index in [-0.39, 0.29) is 50.0 Å². The first-order valence-corrected chi connectivity index (χ1v) is 7.19. The summed E-state index contributed by atoms with van der Waals surface area (Å²) in [5.41, 5.74) is -0.585. The molecule has 1 unspecified atom stereocenters. The van der Waals surface area contributed by atoms with Crippen molar-refractivity contribution in [1.82, 2.24) is 4.90 Å². The number of amides is 1. The summed E-state index contributed by atoms with van der Waals surface area (Å²) < 4.78 is 15.7. The van der Waals surface area contributed by atoms with Gasteiger partial charge in [-0.3, -0.25) is 14.9 Å². The summed E-state index contributed by atoms with van der Waals surface area (Å²) in [4.78, 5) is 35.5. The molecule has 1 N–H and O–H groups in total. The van der Waals surface area contributed by atoms with E-state index in [4.69, 9.17) is 19.3 Å². The van der Waals surface area contributed by atoms with Crippen LogP contribution in [0.2, 0.25) is 0 Å². The molecule has 128 valence electrons. The predicted octanol–water partition coefficient (Wildman–Crippen LogP) is 0.292. The van der Waals surface area contributed by atoms with Crippen molar-refractivity contribution >= 4 is 17.6 Å². The number of fused-ring (bicyclic) bond motifs is 1. The van der Waals surface area contributed by atoms with Gasteiger partial charge in [0.25, 0.3) is 11.6 Å². The lowest BCUT2D eigenvalue weighted by Crippen LogP contribution is -2.48. The molecule has 2 heterocycles. The topological polar surface area (TPSA) is 128 Å². The molecule has 0 bridgehead atoms. The Bertz CT molecular complexity index is 704. The van der Waals surface area contributed by atoms with Crippen LogP contribution < -0.4 is 9.47 Å². The minimum Gasteiger partial charge on any atom is -0.486 e. The van der Waals surface area contributed by atoms with Crippen molar-refractivity contribution in [2.45, 2.75) is 6.10 Å². The van der Waals surface area contributed by atoms with Gasteiger partial charge in [-0.05, 0) is 0 Å². The third-order valence-electron chi connectivity index (χ3n) is 3.72. The first-order chi connectivity index (χ1) is 11.5. The summed E-state index contributed by atoms with van der Waals surface area (Å²) in [6, 6.07) is 2.41. The Morgan fingerprint density at radius 2 is 1.88 bits per heavy atom. The Morgan fingerprint density at radius 3 is 2.50 bits per heavy atom. The van der Waals surface area contributed by atoms with Crippen LogP contribution in [0.1, 0.15) is 10.4 Å². The number of nitrogens with zero attached hydrogens (tertiary/aromatic N) is 2. The number of nitro groups is 1. The molecule has 24 heavy (non-hydrogen) atoms. The summed E-state index contributed by atoms with van der Waals surface area (Å²) in [6.07, 6.45) is -1.15. The van der Waals surface area contributed by atoms with Crippen molar-refractivity contribution in [1.29, 1.82) is 0 Å². The molecular weight excluding hydrogens is 324 g/mol. The highest BCUT2D eigenvalue weighted by molar-refractivity contribution is 5.99. The van der Waals surface area contributed by atoms with E-state index in [1.54, 1.807) is 0 Å². The number of carboxylic acid groups (broad SMARTS) is 1. The number of hydrogen-bond acceptors (Lipinski definition) is 7. The van der Waals surface area contributed by atoms with Gasteiger partial charge in [0.1, 0.15) is 18.8 Å². The van der Waals surface area contributed by atoms with Gasteiger partial charge in [-0.25, -0.2) is 4.79 Å². The molecule has 3 rings (SSSR count). The van der Waals surface area contributed by atoms with E-state index in [2.05, 4.69) is 0 Å². The Balaban J connectivity index is 1.93. The fourth-order valence-electron chi connectivity index (χ4n) is 2.55. The molecule has 0 saturated carbocycles. The minimum atomic E-state index is -1.19. The number of nitro benzene ring substituents is 1. The standard InChI is InChI=1S/C14H14N2O8/c17-13(15-1-2-22-12(7-15)14(18)19)8-5-10-11(24-4-3-23-10)6-9(8)16(20)21/h5-6,12H,1-4,7H2,(H,18,19). The second-order valence-corrected chi connectivity index (χ2v) is 5.22. The van der Waals surface area contributed by atoms with Crippen molar-refractivity contribution in [3.63, 3.8) is 0 Å². The average Bonchev–Trinajstić information content (AvgIpc) is 2.60. The molecule has 1 fully saturated rings. The zero-order valence-corrected chi connectivity index (χ0v) is 12.5. The van der Waals surface area contributed by atoms with E-state index >= 15 is 0 Å². The lowest BCUT2D eigenvalue weighted by Gasteiger charge is -2.31. The van der Waals surface area contributed by atoms with E-state index in [1.807, 2.05) is 0 Å². The summed E-state index contributed by atoms with van der Waals surface area (Å²) in [5, 5.41) is 20.3. The monoisotopic (exact) mass is 338 g/mol. The maximum atomic E-state index is 12.7. The molecule has 2 aliphatic heterocycles. The minimum absolute atomic E-state index is 0.0427. The molecule has 1 aromatic rings. The highest BCUT2D eigenvalue weighted by atomic mass is 16.6. The van der Waals surface area contributed by atoms with E-state index in [1.165, 1.54) is 11.0 Å². The Hall–Kier alpha value is -2.88. The number of aliphatic carboxylic acids is 1. The Morgan fingerprint density at radius 1 is 1.21 bits per heavy atom. The van der Waals surface area contributed by atoms with E-state index < -0.39 is 28.6 Å². The van der Waals surface area contributed by atoms with Crippen LogP contribution in [0.15, 0.2) is 12.1 Å². The van der Waals surface area contributed by atoms with Gasteiger partial charge in [0.15, 0.2) is 17.6 Å². The first-order valence-electron chi connectivity index (χ1n) is 7.19. The highest BCUT2D eigenvalue weighted by Gasteiger charge is 2.34. The van der Waals surface area contributed by atoms with Gasteiger partial charge in [-0.15, -0.1) is 0 Å². The van der Waals surface area contributed by atoms with Crippen molar-refractivity contribution in [2.24, 2.45) is 0 Å². The van der Waals surface area contributed by atoms with Gasteiger partial charge in [-0.1, -0.05) is 0 Å². The third-order valence-corrected chi connectivity index (χ3v) is 3.72. The fraction of sp³-hybridized carbons (Fsp3) is 0.429. The Labute approximate surface area is 135 Å². The number of carbonyl (C=O) groups excluding carboxylic acids is 1. The van der Waals surface area contributed by atoms with Crippen LogP contribution in [0.4, 0.5) is 5.69 Å². The SMILES string of the molecule is O=C(O)C1CN(C(=O)c2cc3c(cc2[N+](=O)[O-])OCCO3)CCO1. The van der Waals surface area contributed by atoms with Crippen molar-refractivity contribution < 1.29 is 33.8 Å². The molecule has 0 radical (unpaired) electrons. The van der Waals surface area contributed by atoms with Gasteiger partial charge in [0.05, 0.1) is 24.1 Å². The number of rotatable bonds is 3. The van der Waals surface area contributed by atoms with Crippen LogP contribution in [-0.4, -0.2) is 65.8 Å². The van der Waals surface area contributed by atoms with Gasteiger partial charge in [-0.2, -0.15) is 0 Å². The molecule has 10 heteroatoms.